The zero-order valence-corrected chi connectivity index (χ0v) is 13.7. The highest BCUT2D eigenvalue weighted by Crippen LogP contribution is 2.39. The molecular formula is C17H28N2O2. The topological polar surface area (TPSA) is 47.7 Å². The van der Waals surface area contributed by atoms with E-state index >= 15 is 0 Å². The Balaban J connectivity index is 2.42. The summed E-state index contributed by atoms with van der Waals surface area (Å²) >= 11 is 0. The summed E-state index contributed by atoms with van der Waals surface area (Å²) in [5.41, 5.74) is 8.45. The summed E-state index contributed by atoms with van der Waals surface area (Å²) < 4.78 is 11.8. The molecule has 1 aliphatic heterocycles. The van der Waals surface area contributed by atoms with E-state index in [-0.39, 0.29) is 12.1 Å². The van der Waals surface area contributed by atoms with Gasteiger partial charge in [0.25, 0.3) is 0 Å². The molecule has 2 N–H and O–H groups in total. The predicted molar refractivity (Wildman–Crippen MR) is 86.1 cm³/mol. The number of nitrogens with zero attached hydrogens (tertiary/aromatic N) is 1. The van der Waals surface area contributed by atoms with E-state index in [0.717, 1.165) is 36.6 Å². The lowest BCUT2D eigenvalue weighted by molar-refractivity contribution is 0.215. The maximum atomic E-state index is 6.06. The second kappa shape index (κ2) is 7.14. The minimum absolute atomic E-state index is 0.173. The van der Waals surface area contributed by atoms with Crippen LogP contribution in [0.4, 0.5) is 0 Å². The number of rotatable bonds is 7. The molecule has 0 radical (unpaired) electrons. The van der Waals surface area contributed by atoms with E-state index in [0.29, 0.717) is 13.2 Å². The van der Waals surface area contributed by atoms with E-state index < -0.39 is 0 Å². The zero-order valence-electron chi connectivity index (χ0n) is 13.7. The largest absolute Gasteiger partial charge is 0.494 e. The van der Waals surface area contributed by atoms with Gasteiger partial charge in [-0.2, -0.15) is 0 Å². The van der Waals surface area contributed by atoms with Gasteiger partial charge >= 0.3 is 0 Å². The van der Waals surface area contributed by atoms with Gasteiger partial charge in [0.15, 0.2) is 0 Å². The van der Waals surface area contributed by atoms with E-state index in [2.05, 4.69) is 37.8 Å². The van der Waals surface area contributed by atoms with Crippen LogP contribution in [-0.4, -0.2) is 37.2 Å². The molecule has 0 bridgehead atoms. The van der Waals surface area contributed by atoms with Gasteiger partial charge in [-0.1, -0.05) is 13.8 Å². The van der Waals surface area contributed by atoms with Crippen LogP contribution < -0.4 is 15.2 Å². The van der Waals surface area contributed by atoms with E-state index in [1.807, 2.05) is 6.92 Å². The Hall–Kier alpha value is -1.26. The lowest BCUT2D eigenvalue weighted by atomic mass is 10.00. The van der Waals surface area contributed by atoms with Crippen molar-refractivity contribution in [3.63, 3.8) is 0 Å². The fourth-order valence-electron chi connectivity index (χ4n) is 3.13. The molecule has 21 heavy (non-hydrogen) atoms. The fraction of sp³-hybridized carbons (Fsp3) is 0.647. The molecule has 0 saturated heterocycles. The van der Waals surface area contributed by atoms with Gasteiger partial charge in [-0.05, 0) is 39.1 Å². The lowest BCUT2D eigenvalue weighted by Crippen LogP contribution is -2.33. The van der Waals surface area contributed by atoms with E-state index in [1.54, 1.807) is 0 Å². The summed E-state index contributed by atoms with van der Waals surface area (Å²) in [6.45, 7) is 11.6. The molecule has 118 valence electrons. The molecule has 4 nitrogen and oxygen atoms in total. The Labute approximate surface area is 128 Å². The van der Waals surface area contributed by atoms with Crippen molar-refractivity contribution in [3.05, 3.63) is 23.3 Å². The maximum Gasteiger partial charge on any atom is 0.124 e. The van der Waals surface area contributed by atoms with Crippen LogP contribution in [0.5, 0.6) is 11.5 Å². The van der Waals surface area contributed by atoms with Gasteiger partial charge in [-0.3, -0.25) is 4.90 Å². The Morgan fingerprint density at radius 1 is 1.33 bits per heavy atom. The normalized spacial score (nSPS) is 18.5. The second-order valence-electron chi connectivity index (χ2n) is 5.54. The smallest absolute Gasteiger partial charge is 0.124 e. The Bertz CT molecular complexity index is 472. The van der Waals surface area contributed by atoms with Crippen molar-refractivity contribution in [1.29, 1.82) is 0 Å². The zero-order chi connectivity index (χ0) is 15.4. The maximum absolute atomic E-state index is 6.06. The Morgan fingerprint density at radius 3 is 2.62 bits per heavy atom. The second-order valence-corrected chi connectivity index (χ2v) is 5.54. The molecule has 0 amide bonds. The Kier molecular flexibility index (Phi) is 5.48. The van der Waals surface area contributed by atoms with Gasteiger partial charge in [-0.25, -0.2) is 0 Å². The number of hydrogen-bond acceptors (Lipinski definition) is 4. The van der Waals surface area contributed by atoms with Crippen LogP contribution in [0.15, 0.2) is 12.1 Å². The van der Waals surface area contributed by atoms with E-state index in [4.69, 9.17) is 15.2 Å². The molecule has 0 fully saturated rings. The third kappa shape index (κ3) is 3.33. The van der Waals surface area contributed by atoms with Crippen molar-refractivity contribution in [2.75, 3.05) is 26.2 Å². The third-order valence-corrected chi connectivity index (χ3v) is 4.16. The lowest BCUT2D eigenvalue weighted by Gasteiger charge is -2.30. The van der Waals surface area contributed by atoms with Crippen LogP contribution in [0, 0.1) is 0 Å². The first-order chi connectivity index (χ1) is 10.1. The average molecular weight is 292 g/mol. The first kappa shape index (κ1) is 16.1. The number of likely N-dealkylation sites (N-methyl/N-ethyl adjacent to an activating group) is 1. The predicted octanol–water partition coefficient (Wildman–Crippen LogP) is 2.75. The summed E-state index contributed by atoms with van der Waals surface area (Å²) in [5, 5.41) is 0. The van der Waals surface area contributed by atoms with Crippen molar-refractivity contribution in [2.45, 2.75) is 46.3 Å². The van der Waals surface area contributed by atoms with Gasteiger partial charge in [0.05, 0.1) is 12.6 Å². The van der Waals surface area contributed by atoms with Gasteiger partial charge in [0.1, 0.15) is 17.6 Å². The summed E-state index contributed by atoms with van der Waals surface area (Å²) in [6, 6.07) is 4.45. The Morgan fingerprint density at radius 2 is 2.05 bits per heavy atom. The molecule has 1 aromatic rings. The quantitative estimate of drug-likeness (QED) is 0.839. The molecule has 1 aromatic carbocycles. The van der Waals surface area contributed by atoms with Crippen LogP contribution >= 0.6 is 0 Å². The monoisotopic (exact) mass is 292 g/mol. The fourth-order valence-corrected chi connectivity index (χ4v) is 3.13. The van der Waals surface area contributed by atoms with Crippen molar-refractivity contribution in [3.8, 4) is 11.5 Å². The minimum atomic E-state index is 0.173. The highest BCUT2D eigenvalue weighted by Gasteiger charge is 2.26. The van der Waals surface area contributed by atoms with Gasteiger partial charge in [0, 0.05) is 24.1 Å². The van der Waals surface area contributed by atoms with E-state index in [9.17, 15) is 0 Å². The number of fused-ring (bicyclic) bond motifs is 1. The van der Waals surface area contributed by atoms with Crippen molar-refractivity contribution >= 4 is 0 Å². The van der Waals surface area contributed by atoms with E-state index in [1.165, 1.54) is 5.56 Å². The molecule has 1 aliphatic rings. The molecular weight excluding hydrogens is 264 g/mol. The minimum Gasteiger partial charge on any atom is -0.494 e. The van der Waals surface area contributed by atoms with Gasteiger partial charge in [0.2, 0.25) is 0 Å². The summed E-state index contributed by atoms with van der Waals surface area (Å²) in [7, 11) is 0. The number of nitrogens with two attached hydrogens (primary N) is 1. The number of ether oxygens (including phenoxy) is 2. The summed E-state index contributed by atoms with van der Waals surface area (Å²) in [4.78, 5) is 2.36. The first-order valence-electron chi connectivity index (χ1n) is 8.04. The molecule has 0 saturated carbocycles. The summed E-state index contributed by atoms with van der Waals surface area (Å²) in [5.74, 6) is 1.95. The molecule has 0 aromatic heterocycles. The molecule has 2 unspecified atom stereocenters. The standard InChI is InChI=1S/C17H28N2O2/c1-5-19(6-2)15(11-18)14-10-16-13(8-12(4)21-16)9-17(14)20-7-3/h9-10,12,15H,5-8,11,18H2,1-4H3. The molecule has 0 aliphatic carbocycles. The van der Waals surface area contributed by atoms with Crippen molar-refractivity contribution in [2.24, 2.45) is 5.73 Å². The van der Waals surface area contributed by atoms with Crippen LogP contribution in [0.25, 0.3) is 0 Å². The van der Waals surface area contributed by atoms with Crippen LogP contribution in [0.3, 0.4) is 0 Å². The van der Waals surface area contributed by atoms with Gasteiger partial charge < -0.3 is 15.2 Å². The van der Waals surface area contributed by atoms with Crippen LogP contribution in [0.2, 0.25) is 0 Å². The molecule has 1 heterocycles. The van der Waals surface area contributed by atoms with Crippen LogP contribution in [0.1, 0.15) is 44.9 Å². The highest BCUT2D eigenvalue weighted by molar-refractivity contribution is 5.50. The molecule has 0 spiro atoms. The van der Waals surface area contributed by atoms with Crippen molar-refractivity contribution < 1.29 is 9.47 Å². The number of hydrogen-bond donors (Lipinski definition) is 1. The van der Waals surface area contributed by atoms with Crippen LogP contribution in [-0.2, 0) is 6.42 Å². The molecule has 2 atom stereocenters. The van der Waals surface area contributed by atoms with Gasteiger partial charge in [-0.15, -0.1) is 0 Å². The first-order valence-corrected chi connectivity index (χ1v) is 8.04. The summed E-state index contributed by atoms with van der Waals surface area (Å²) in [6.07, 6.45) is 1.20. The third-order valence-electron chi connectivity index (χ3n) is 4.16. The SMILES string of the molecule is CCOc1cc2c(cc1C(CN)N(CC)CC)OC(C)C2. The highest BCUT2D eigenvalue weighted by atomic mass is 16.5. The van der Waals surface area contributed by atoms with Crippen molar-refractivity contribution in [1.82, 2.24) is 4.90 Å². The average Bonchev–Trinajstić information content (AvgIpc) is 2.83. The molecule has 4 heteroatoms. The molecule has 2 rings (SSSR count). The number of benzene rings is 1.